The second-order valence-corrected chi connectivity index (χ2v) is 4.12. The Hall–Kier alpha value is -1.32. The molecular formula is C13H21O4-. The number of hydrogen-bond acceptors (Lipinski definition) is 4. The van der Waals surface area contributed by atoms with E-state index in [1.807, 2.05) is 6.92 Å². The molecule has 4 nitrogen and oxygen atoms in total. The van der Waals surface area contributed by atoms with Crippen LogP contribution >= 0.6 is 0 Å². The molecule has 0 rings (SSSR count). The third kappa shape index (κ3) is 5.02. The van der Waals surface area contributed by atoms with Crippen molar-refractivity contribution < 1.29 is 19.4 Å². The third-order valence-electron chi connectivity index (χ3n) is 2.78. The van der Waals surface area contributed by atoms with Crippen LogP contribution in [0.25, 0.3) is 0 Å². The van der Waals surface area contributed by atoms with Crippen molar-refractivity contribution in [2.24, 2.45) is 5.41 Å². The molecule has 0 aliphatic carbocycles. The lowest BCUT2D eigenvalue weighted by molar-refractivity contribution is -0.306. The summed E-state index contributed by atoms with van der Waals surface area (Å²) in [7, 11) is 0. The molecular weight excluding hydrogens is 220 g/mol. The van der Waals surface area contributed by atoms with Crippen LogP contribution in [-0.2, 0) is 14.3 Å². The zero-order chi connectivity index (χ0) is 13.3. The van der Waals surface area contributed by atoms with Gasteiger partial charge in [-0.05, 0) is 32.6 Å². The van der Waals surface area contributed by atoms with E-state index in [4.69, 9.17) is 4.74 Å². The van der Waals surface area contributed by atoms with Gasteiger partial charge in [0.1, 0.15) is 0 Å². The molecule has 0 aliphatic rings. The number of carbonyl (C=O) groups excluding carboxylic acids is 2. The predicted molar refractivity (Wildman–Crippen MR) is 63.0 cm³/mol. The third-order valence-corrected chi connectivity index (χ3v) is 2.78. The second-order valence-electron chi connectivity index (χ2n) is 4.12. The molecule has 0 aliphatic heterocycles. The molecule has 17 heavy (non-hydrogen) atoms. The summed E-state index contributed by atoms with van der Waals surface area (Å²) in [4.78, 5) is 22.5. The summed E-state index contributed by atoms with van der Waals surface area (Å²) < 4.78 is 5.04. The van der Waals surface area contributed by atoms with Crippen LogP contribution in [0.3, 0.4) is 0 Å². The highest BCUT2D eigenvalue weighted by Gasteiger charge is 2.37. The molecule has 0 aromatic rings. The van der Waals surface area contributed by atoms with E-state index in [1.54, 1.807) is 13.0 Å². The average Bonchev–Trinajstić information content (AvgIpc) is 2.26. The van der Waals surface area contributed by atoms with Gasteiger partial charge in [-0.25, -0.2) is 0 Å². The molecule has 0 aromatic carbocycles. The summed E-state index contributed by atoms with van der Waals surface area (Å²) in [5, 5.41) is 10.5. The Bertz CT molecular complexity index is 273. The number of aliphatic carboxylic acids is 1. The van der Waals surface area contributed by atoms with E-state index in [9.17, 15) is 14.7 Å². The van der Waals surface area contributed by atoms with E-state index >= 15 is 0 Å². The van der Waals surface area contributed by atoms with Gasteiger partial charge in [-0.3, -0.25) is 4.79 Å². The smallest absolute Gasteiger partial charge is 0.312 e. The first kappa shape index (κ1) is 15.7. The van der Waals surface area contributed by atoms with Gasteiger partial charge in [-0.1, -0.05) is 19.4 Å². The molecule has 0 N–H and O–H groups in total. The maximum absolute atomic E-state index is 12.0. The highest BCUT2D eigenvalue weighted by molar-refractivity contribution is 5.78. The summed E-state index contributed by atoms with van der Waals surface area (Å²) in [6.07, 6.45) is 3.58. The first-order valence-electron chi connectivity index (χ1n) is 6.00. The highest BCUT2D eigenvalue weighted by Crippen LogP contribution is 2.35. The minimum Gasteiger partial charge on any atom is -0.550 e. The van der Waals surface area contributed by atoms with Gasteiger partial charge in [-0.15, -0.1) is 6.58 Å². The molecule has 0 bridgehead atoms. The molecule has 98 valence electrons. The molecule has 1 atom stereocenters. The number of esters is 1. The minimum absolute atomic E-state index is 0.132. The van der Waals surface area contributed by atoms with Crippen LogP contribution in [0.1, 0.15) is 46.0 Å². The number of carbonyl (C=O) groups is 2. The summed E-state index contributed by atoms with van der Waals surface area (Å²) in [5.74, 6) is -1.47. The molecule has 0 radical (unpaired) electrons. The molecule has 0 fully saturated rings. The van der Waals surface area contributed by atoms with Crippen molar-refractivity contribution >= 4 is 11.9 Å². The molecule has 0 saturated heterocycles. The standard InChI is InChI=1S/C13H22O4/c1-4-8-13(9-5-2,10-7-11(14)15)12(16)17-6-3/h4H,1,5-10H2,2-3H3,(H,14,15)/p-1. The van der Waals surface area contributed by atoms with E-state index in [1.165, 1.54) is 0 Å². The van der Waals surface area contributed by atoms with Crippen LogP contribution in [0.4, 0.5) is 0 Å². The average molecular weight is 241 g/mol. The largest absolute Gasteiger partial charge is 0.550 e. The fourth-order valence-corrected chi connectivity index (χ4v) is 2.00. The van der Waals surface area contributed by atoms with Gasteiger partial charge in [0.05, 0.1) is 12.0 Å². The van der Waals surface area contributed by atoms with Crippen LogP contribution < -0.4 is 5.11 Å². The highest BCUT2D eigenvalue weighted by atomic mass is 16.5. The molecule has 0 amide bonds. The van der Waals surface area contributed by atoms with E-state index in [2.05, 4.69) is 6.58 Å². The summed E-state index contributed by atoms with van der Waals surface area (Å²) >= 11 is 0. The van der Waals surface area contributed by atoms with Gasteiger partial charge < -0.3 is 14.6 Å². The lowest BCUT2D eigenvalue weighted by Crippen LogP contribution is -2.35. The van der Waals surface area contributed by atoms with Crippen LogP contribution in [0.2, 0.25) is 0 Å². The van der Waals surface area contributed by atoms with Crippen molar-refractivity contribution in [1.29, 1.82) is 0 Å². The second kappa shape index (κ2) is 7.87. The first-order valence-corrected chi connectivity index (χ1v) is 6.00. The Labute approximate surface area is 103 Å². The number of allylic oxidation sites excluding steroid dienone is 1. The quantitative estimate of drug-likeness (QED) is 0.452. The van der Waals surface area contributed by atoms with Gasteiger partial charge in [-0.2, -0.15) is 0 Å². The number of ether oxygens (including phenoxy) is 1. The minimum atomic E-state index is -1.14. The van der Waals surface area contributed by atoms with Gasteiger partial charge in [0.15, 0.2) is 0 Å². The maximum atomic E-state index is 12.0. The van der Waals surface area contributed by atoms with E-state index in [0.717, 1.165) is 6.42 Å². The zero-order valence-corrected chi connectivity index (χ0v) is 10.7. The van der Waals surface area contributed by atoms with Crippen molar-refractivity contribution in [3.63, 3.8) is 0 Å². The molecule has 0 saturated carbocycles. The van der Waals surface area contributed by atoms with Crippen LogP contribution in [-0.4, -0.2) is 18.5 Å². The van der Waals surface area contributed by atoms with Crippen molar-refractivity contribution in [2.75, 3.05) is 6.61 Å². The number of rotatable bonds is 9. The van der Waals surface area contributed by atoms with Crippen molar-refractivity contribution in [2.45, 2.75) is 46.0 Å². The fraction of sp³-hybridized carbons (Fsp3) is 0.692. The molecule has 0 spiro atoms. The topological polar surface area (TPSA) is 66.4 Å². The lowest BCUT2D eigenvalue weighted by Gasteiger charge is -2.30. The Morgan fingerprint density at radius 3 is 2.41 bits per heavy atom. The molecule has 1 unspecified atom stereocenters. The summed E-state index contributed by atoms with van der Waals surface area (Å²) in [6.45, 7) is 7.62. The van der Waals surface area contributed by atoms with Gasteiger partial charge in [0.2, 0.25) is 0 Å². The summed E-state index contributed by atoms with van der Waals surface area (Å²) in [5.41, 5.74) is -0.757. The van der Waals surface area contributed by atoms with Crippen LogP contribution in [0.5, 0.6) is 0 Å². The number of carboxylic acids is 1. The molecule has 0 heterocycles. The number of hydrogen-bond donors (Lipinski definition) is 0. The Kier molecular flexibility index (Phi) is 7.26. The van der Waals surface area contributed by atoms with E-state index < -0.39 is 11.4 Å². The van der Waals surface area contributed by atoms with E-state index in [-0.39, 0.29) is 18.8 Å². The van der Waals surface area contributed by atoms with Gasteiger partial charge in [0, 0.05) is 5.97 Å². The molecule has 0 aromatic heterocycles. The first-order chi connectivity index (χ1) is 8.02. The van der Waals surface area contributed by atoms with E-state index in [0.29, 0.717) is 19.4 Å². The number of carboxylic acid groups (broad SMARTS) is 1. The van der Waals surface area contributed by atoms with Gasteiger partial charge in [0.25, 0.3) is 0 Å². The van der Waals surface area contributed by atoms with Crippen molar-refractivity contribution in [3.05, 3.63) is 12.7 Å². The zero-order valence-electron chi connectivity index (χ0n) is 10.7. The fourth-order valence-electron chi connectivity index (χ4n) is 2.00. The predicted octanol–water partition coefficient (Wildman–Crippen LogP) is 1.44. The Morgan fingerprint density at radius 1 is 1.35 bits per heavy atom. The summed E-state index contributed by atoms with van der Waals surface area (Å²) in [6, 6.07) is 0. The van der Waals surface area contributed by atoms with Crippen molar-refractivity contribution in [1.82, 2.24) is 0 Å². The van der Waals surface area contributed by atoms with Crippen LogP contribution in [0.15, 0.2) is 12.7 Å². The molecule has 4 heteroatoms. The van der Waals surface area contributed by atoms with Crippen molar-refractivity contribution in [3.8, 4) is 0 Å². The normalized spacial score (nSPS) is 13.8. The Balaban J connectivity index is 4.88. The van der Waals surface area contributed by atoms with Gasteiger partial charge >= 0.3 is 5.97 Å². The van der Waals surface area contributed by atoms with Crippen LogP contribution in [0, 0.1) is 5.41 Å². The Morgan fingerprint density at radius 2 is 2.00 bits per heavy atom. The maximum Gasteiger partial charge on any atom is 0.312 e. The monoisotopic (exact) mass is 241 g/mol. The lowest BCUT2D eigenvalue weighted by atomic mass is 9.76. The SMILES string of the molecule is C=CCC(CCC)(CCC(=O)[O-])C(=O)OCC.